The number of nitrogens with zero attached hydrogens (tertiary/aromatic N) is 1. The van der Waals surface area contributed by atoms with Crippen molar-refractivity contribution in [2.45, 2.75) is 13.8 Å². The molecular weight excluding hydrogens is 154 g/mol. The maximum Gasteiger partial charge on any atom is 0.141 e. The van der Waals surface area contributed by atoms with E-state index in [4.69, 9.17) is 8.94 Å². The molecule has 0 aliphatic heterocycles. The van der Waals surface area contributed by atoms with Gasteiger partial charge in [0.15, 0.2) is 0 Å². The van der Waals surface area contributed by atoms with Crippen LogP contribution in [0.1, 0.15) is 11.5 Å². The summed E-state index contributed by atoms with van der Waals surface area (Å²) in [4.78, 5) is 0. The standard InChI is InChI=1S/C9H9NO2/c1-6-9(7(2)12-10-6)8-3-4-11-5-8/h3-5H,1-2H3. The lowest BCUT2D eigenvalue weighted by atomic mass is 10.1. The van der Waals surface area contributed by atoms with Crippen LogP contribution in [-0.4, -0.2) is 5.16 Å². The molecule has 0 aliphatic rings. The summed E-state index contributed by atoms with van der Waals surface area (Å²) in [6.07, 6.45) is 3.33. The van der Waals surface area contributed by atoms with E-state index in [2.05, 4.69) is 5.16 Å². The van der Waals surface area contributed by atoms with Crippen LogP contribution in [0.4, 0.5) is 0 Å². The zero-order valence-electron chi connectivity index (χ0n) is 7.00. The molecule has 2 aromatic rings. The van der Waals surface area contributed by atoms with Gasteiger partial charge in [-0.3, -0.25) is 0 Å². The number of hydrogen-bond acceptors (Lipinski definition) is 3. The minimum Gasteiger partial charge on any atom is -0.472 e. The summed E-state index contributed by atoms with van der Waals surface area (Å²) in [5, 5.41) is 3.86. The lowest BCUT2D eigenvalue weighted by molar-refractivity contribution is 0.393. The highest BCUT2D eigenvalue weighted by Gasteiger charge is 2.11. The average molecular weight is 163 g/mol. The van der Waals surface area contributed by atoms with Crippen molar-refractivity contribution >= 4 is 0 Å². The molecule has 0 fully saturated rings. The van der Waals surface area contributed by atoms with E-state index in [0.29, 0.717) is 0 Å². The third kappa shape index (κ3) is 0.942. The maximum atomic E-state index is 5.03. The van der Waals surface area contributed by atoms with Crippen molar-refractivity contribution in [1.82, 2.24) is 5.16 Å². The molecule has 0 aliphatic carbocycles. The minimum absolute atomic E-state index is 0.828. The van der Waals surface area contributed by atoms with Gasteiger partial charge in [-0.15, -0.1) is 0 Å². The van der Waals surface area contributed by atoms with Crippen molar-refractivity contribution in [2.24, 2.45) is 0 Å². The van der Waals surface area contributed by atoms with Crippen LogP contribution in [0.5, 0.6) is 0 Å². The summed E-state index contributed by atoms with van der Waals surface area (Å²) < 4.78 is 10.0. The summed E-state index contributed by atoms with van der Waals surface area (Å²) in [7, 11) is 0. The molecule has 0 atom stereocenters. The minimum atomic E-state index is 0.828. The molecule has 0 bridgehead atoms. The van der Waals surface area contributed by atoms with Gasteiger partial charge in [0, 0.05) is 5.56 Å². The summed E-state index contributed by atoms with van der Waals surface area (Å²) >= 11 is 0. The van der Waals surface area contributed by atoms with Crippen molar-refractivity contribution < 1.29 is 8.94 Å². The van der Waals surface area contributed by atoms with Crippen molar-refractivity contribution in [3.05, 3.63) is 30.0 Å². The Hall–Kier alpha value is -1.51. The van der Waals surface area contributed by atoms with Crippen molar-refractivity contribution in [1.29, 1.82) is 0 Å². The molecule has 2 aromatic heterocycles. The second kappa shape index (κ2) is 2.52. The predicted octanol–water partition coefficient (Wildman–Crippen LogP) is 2.55. The molecule has 0 N–H and O–H groups in total. The SMILES string of the molecule is Cc1noc(C)c1-c1ccoc1. The van der Waals surface area contributed by atoms with Crippen LogP contribution in [0.3, 0.4) is 0 Å². The zero-order valence-corrected chi connectivity index (χ0v) is 7.00. The van der Waals surface area contributed by atoms with E-state index < -0.39 is 0 Å². The first kappa shape index (κ1) is 7.16. The van der Waals surface area contributed by atoms with Gasteiger partial charge in [-0.1, -0.05) is 5.16 Å². The number of aryl methyl sites for hydroxylation is 2. The van der Waals surface area contributed by atoms with E-state index in [0.717, 1.165) is 22.6 Å². The van der Waals surface area contributed by atoms with Gasteiger partial charge in [-0.2, -0.15) is 0 Å². The second-order valence-electron chi connectivity index (χ2n) is 2.71. The normalized spacial score (nSPS) is 10.5. The first-order chi connectivity index (χ1) is 5.79. The Bertz CT molecular complexity index is 354. The molecule has 2 rings (SSSR count). The quantitative estimate of drug-likeness (QED) is 0.648. The highest BCUT2D eigenvalue weighted by Crippen LogP contribution is 2.26. The lowest BCUT2D eigenvalue weighted by Crippen LogP contribution is -1.77. The summed E-state index contributed by atoms with van der Waals surface area (Å²) in [5.74, 6) is 0.828. The fourth-order valence-electron chi connectivity index (χ4n) is 1.30. The van der Waals surface area contributed by atoms with E-state index in [1.165, 1.54) is 0 Å². The molecule has 2 heterocycles. The summed E-state index contributed by atoms with van der Waals surface area (Å²) in [5.41, 5.74) is 2.95. The third-order valence-electron chi connectivity index (χ3n) is 1.84. The van der Waals surface area contributed by atoms with Crippen LogP contribution < -0.4 is 0 Å². The largest absolute Gasteiger partial charge is 0.472 e. The van der Waals surface area contributed by atoms with Crippen LogP contribution in [0.25, 0.3) is 11.1 Å². The van der Waals surface area contributed by atoms with Gasteiger partial charge in [0.1, 0.15) is 5.76 Å². The molecule has 0 amide bonds. The van der Waals surface area contributed by atoms with Crippen molar-refractivity contribution in [3.63, 3.8) is 0 Å². The highest BCUT2D eigenvalue weighted by atomic mass is 16.5. The molecule has 0 spiro atoms. The zero-order chi connectivity index (χ0) is 8.55. The van der Waals surface area contributed by atoms with E-state index in [-0.39, 0.29) is 0 Å². The average Bonchev–Trinajstić information content (AvgIpc) is 2.61. The number of hydrogen-bond donors (Lipinski definition) is 0. The number of aromatic nitrogens is 1. The van der Waals surface area contributed by atoms with Crippen LogP contribution in [-0.2, 0) is 0 Å². The Kier molecular flexibility index (Phi) is 1.50. The fourth-order valence-corrected chi connectivity index (χ4v) is 1.30. The molecule has 0 saturated carbocycles. The molecule has 3 heteroatoms. The first-order valence-corrected chi connectivity index (χ1v) is 3.74. The van der Waals surface area contributed by atoms with Gasteiger partial charge in [-0.05, 0) is 19.9 Å². The monoisotopic (exact) mass is 163 g/mol. The van der Waals surface area contributed by atoms with Crippen molar-refractivity contribution in [3.8, 4) is 11.1 Å². The van der Waals surface area contributed by atoms with Gasteiger partial charge >= 0.3 is 0 Å². The molecule has 0 radical (unpaired) electrons. The Morgan fingerprint density at radius 1 is 1.33 bits per heavy atom. The van der Waals surface area contributed by atoms with E-state index >= 15 is 0 Å². The lowest BCUT2D eigenvalue weighted by Gasteiger charge is -1.91. The van der Waals surface area contributed by atoms with E-state index in [9.17, 15) is 0 Å². The molecule has 0 aromatic carbocycles. The number of furan rings is 1. The van der Waals surface area contributed by atoms with Gasteiger partial charge in [0.25, 0.3) is 0 Å². The molecule has 12 heavy (non-hydrogen) atoms. The topological polar surface area (TPSA) is 39.2 Å². The Morgan fingerprint density at radius 2 is 2.17 bits per heavy atom. The molecule has 0 unspecified atom stereocenters. The predicted molar refractivity (Wildman–Crippen MR) is 43.7 cm³/mol. The Balaban J connectivity index is 2.60. The Labute approximate surface area is 70.0 Å². The Morgan fingerprint density at radius 3 is 2.67 bits per heavy atom. The van der Waals surface area contributed by atoms with Gasteiger partial charge in [-0.25, -0.2) is 0 Å². The molecule has 62 valence electrons. The van der Waals surface area contributed by atoms with Crippen LogP contribution >= 0.6 is 0 Å². The van der Waals surface area contributed by atoms with Gasteiger partial charge in [0.05, 0.1) is 23.8 Å². The molecule has 0 saturated heterocycles. The highest BCUT2D eigenvalue weighted by molar-refractivity contribution is 5.66. The van der Waals surface area contributed by atoms with Gasteiger partial charge in [0.2, 0.25) is 0 Å². The van der Waals surface area contributed by atoms with Crippen molar-refractivity contribution in [2.75, 3.05) is 0 Å². The summed E-state index contributed by atoms with van der Waals surface area (Å²) in [6, 6.07) is 1.90. The van der Waals surface area contributed by atoms with Crippen LogP contribution in [0, 0.1) is 13.8 Å². The molecule has 3 nitrogen and oxygen atoms in total. The fraction of sp³-hybridized carbons (Fsp3) is 0.222. The van der Waals surface area contributed by atoms with E-state index in [1.807, 2.05) is 19.9 Å². The maximum absolute atomic E-state index is 5.03. The number of rotatable bonds is 1. The summed E-state index contributed by atoms with van der Waals surface area (Å²) in [6.45, 7) is 3.81. The second-order valence-corrected chi connectivity index (χ2v) is 2.71. The first-order valence-electron chi connectivity index (χ1n) is 3.74. The van der Waals surface area contributed by atoms with Crippen LogP contribution in [0.15, 0.2) is 27.5 Å². The van der Waals surface area contributed by atoms with Crippen LogP contribution in [0.2, 0.25) is 0 Å². The molecular formula is C9H9NO2. The third-order valence-corrected chi connectivity index (χ3v) is 1.84. The smallest absolute Gasteiger partial charge is 0.141 e. The van der Waals surface area contributed by atoms with Gasteiger partial charge < -0.3 is 8.94 Å². The van der Waals surface area contributed by atoms with E-state index in [1.54, 1.807) is 12.5 Å².